The maximum absolute atomic E-state index is 13.7. The lowest BCUT2D eigenvalue weighted by Crippen LogP contribution is -2.28. The first kappa shape index (κ1) is 15.2. The highest BCUT2D eigenvalue weighted by atomic mass is 19.1. The number of benzene rings is 1. The highest BCUT2D eigenvalue weighted by Crippen LogP contribution is 2.18. The van der Waals surface area contributed by atoms with Gasteiger partial charge in [-0.05, 0) is 13.0 Å². The summed E-state index contributed by atoms with van der Waals surface area (Å²) in [7, 11) is 0. The second kappa shape index (κ2) is 5.63. The Balaban J connectivity index is 2.11. The number of aromatic amines is 1. The van der Waals surface area contributed by atoms with Crippen LogP contribution in [0.5, 0.6) is 0 Å². The number of halogens is 1. The minimum Gasteiger partial charge on any atom is -0.343 e. The van der Waals surface area contributed by atoms with Crippen LogP contribution in [0, 0.1) is 5.82 Å². The molecule has 0 radical (unpaired) electrons. The number of nitrogens with zero attached hydrogens (tertiary/aromatic N) is 2. The number of hydrogen-bond acceptors (Lipinski definition) is 3. The molecule has 0 aliphatic carbocycles. The van der Waals surface area contributed by atoms with Gasteiger partial charge in [0, 0.05) is 11.0 Å². The molecule has 21 heavy (non-hydrogen) atoms. The van der Waals surface area contributed by atoms with Gasteiger partial charge in [-0.3, -0.25) is 9.89 Å². The molecule has 5 nitrogen and oxygen atoms in total. The summed E-state index contributed by atoms with van der Waals surface area (Å²) in [6, 6.07) is 5.88. The minimum absolute atomic E-state index is 0.0584. The first-order valence-corrected chi connectivity index (χ1v) is 6.77. The molecule has 2 rings (SSSR count). The Bertz CT molecular complexity index is 645. The average Bonchev–Trinajstić information content (AvgIpc) is 2.88. The van der Waals surface area contributed by atoms with Crippen LogP contribution in [-0.2, 0) is 5.41 Å². The second-order valence-corrected chi connectivity index (χ2v) is 5.97. The molecule has 0 saturated carbocycles. The molecule has 2 N–H and O–H groups in total. The monoisotopic (exact) mass is 290 g/mol. The maximum Gasteiger partial charge on any atom is 0.291 e. The molecule has 0 aliphatic rings. The number of rotatable bonds is 3. The lowest BCUT2D eigenvalue weighted by molar-refractivity contribution is 0.0929. The molecule has 1 aromatic heterocycles. The minimum atomic E-state index is -0.463. The van der Waals surface area contributed by atoms with Gasteiger partial charge in [0.1, 0.15) is 11.6 Å². The molecule has 0 aliphatic heterocycles. The van der Waals surface area contributed by atoms with E-state index in [4.69, 9.17) is 0 Å². The normalized spacial score (nSPS) is 13.0. The van der Waals surface area contributed by atoms with Gasteiger partial charge >= 0.3 is 0 Å². The quantitative estimate of drug-likeness (QED) is 0.913. The van der Waals surface area contributed by atoms with Crippen molar-refractivity contribution in [3.05, 3.63) is 47.3 Å². The van der Waals surface area contributed by atoms with Gasteiger partial charge in [0.25, 0.3) is 5.91 Å². The molecule has 1 heterocycles. The van der Waals surface area contributed by atoms with E-state index < -0.39 is 11.9 Å². The predicted molar refractivity (Wildman–Crippen MR) is 77.4 cm³/mol. The van der Waals surface area contributed by atoms with Crippen molar-refractivity contribution in [1.82, 2.24) is 20.5 Å². The number of hydrogen-bond donors (Lipinski definition) is 2. The van der Waals surface area contributed by atoms with E-state index in [1.165, 1.54) is 6.07 Å². The number of carbonyl (C=O) groups excluding carboxylic acids is 1. The fourth-order valence-electron chi connectivity index (χ4n) is 1.86. The zero-order chi connectivity index (χ0) is 15.6. The van der Waals surface area contributed by atoms with Crippen molar-refractivity contribution >= 4 is 5.91 Å². The van der Waals surface area contributed by atoms with Crippen LogP contribution in [0.25, 0.3) is 0 Å². The Hall–Kier alpha value is -2.24. The van der Waals surface area contributed by atoms with Crippen LogP contribution >= 0.6 is 0 Å². The molecule has 1 amide bonds. The molecule has 6 heteroatoms. The van der Waals surface area contributed by atoms with E-state index >= 15 is 0 Å². The molecular formula is C15H19FN4O. The van der Waals surface area contributed by atoms with Gasteiger partial charge in [-0.1, -0.05) is 39.0 Å². The molecule has 0 spiro atoms. The Labute approximate surface area is 123 Å². The van der Waals surface area contributed by atoms with Gasteiger partial charge in [-0.15, -0.1) is 5.10 Å². The fourth-order valence-corrected chi connectivity index (χ4v) is 1.86. The van der Waals surface area contributed by atoms with E-state index in [2.05, 4.69) is 20.5 Å². The number of aromatic nitrogens is 3. The first-order chi connectivity index (χ1) is 9.79. The average molecular weight is 290 g/mol. The number of carbonyl (C=O) groups is 1. The highest BCUT2D eigenvalue weighted by Gasteiger charge is 2.22. The summed E-state index contributed by atoms with van der Waals surface area (Å²) in [5.74, 6) is -0.0949. The lowest BCUT2D eigenvalue weighted by Gasteiger charge is -2.14. The summed E-state index contributed by atoms with van der Waals surface area (Å²) >= 11 is 0. The number of nitrogens with one attached hydrogen (secondary N) is 2. The van der Waals surface area contributed by atoms with Gasteiger partial charge in [0.2, 0.25) is 5.82 Å². The van der Waals surface area contributed by atoms with E-state index in [0.29, 0.717) is 11.4 Å². The zero-order valence-corrected chi connectivity index (χ0v) is 12.6. The lowest BCUT2D eigenvalue weighted by atomic mass is 9.96. The van der Waals surface area contributed by atoms with Crippen LogP contribution < -0.4 is 5.32 Å². The summed E-state index contributed by atoms with van der Waals surface area (Å²) in [6.07, 6.45) is 0. The molecule has 1 aromatic carbocycles. The van der Waals surface area contributed by atoms with Crippen molar-refractivity contribution in [2.45, 2.75) is 39.2 Å². The number of amides is 1. The van der Waals surface area contributed by atoms with Crippen molar-refractivity contribution in [3.8, 4) is 0 Å². The Morgan fingerprint density at radius 3 is 2.57 bits per heavy atom. The van der Waals surface area contributed by atoms with Crippen LogP contribution in [-0.4, -0.2) is 21.1 Å². The van der Waals surface area contributed by atoms with Crippen molar-refractivity contribution in [3.63, 3.8) is 0 Å². The van der Waals surface area contributed by atoms with Crippen LogP contribution in [0.2, 0.25) is 0 Å². The van der Waals surface area contributed by atoms with Gasteiger partial charge in [-0.25, -0.2) is 9.37 Å². The van der Waals surface area contributed by atoms with Crippen molar-refractivity contribution < 1.29 is 9.18 Å². The zero-order valence-electron chi connectivity index (χ0n) is 12.6. The van der Waals surface area contributed by atoms with E-state index in [9.17, 15) is 9.18 Å². The highest BCUT2D eigenvalue weighted by molar-refractivity contribution is 5.90. The predicted octanol–water partition coefficient (Wildman–Crippen LogP) is 2.73. The van der Waals surface area contributed by atoms with Gasteiger partial charge in [-0.2, -0.15) is 0 Å². The summed E-state index contributed by atoms with van der Waals surface area (Å²) in [6.45, 7) is 7.62. The van der Waals surface area contributed by atoms with E-state index in [0.717, 1.165) is 0 Å². The SMILES string of the molecule is CC(NC(=O)c1n[nH]c(C(C)(C)C)n1)c1ccccc1F. The molecule has 0 fully saturated rings. The second-order valence-electron chi connectivity index (χ2n) is 5.97. The summed E-state index contributed by atoms with van der Waals surface area (Å²) in [4.78, 5) is 16.3. The fraction of sp³-hybridized carbons (Fsp3) is 0.400. The smallest absolute Gasteiger partial charge is 0.291 e. The van der Waals surface area contributed by atoms with E-state index in [1.54, 1.807) is 25.1 Å². The summed E-state index contributed by atoms with van der Waals surface area (Å²) in [5.41, 5.74) is 0.209. The Morgan fingerprint density at radius 2 is 2.00 bits per heavy atom. The standard InChI is InChI=1S/C15H19FN4O/c1-9(10-7-5-6-8-11(10)16)17-13(21)12-18-14(20-19-12)15(2,3)4/h5-9H,1-4H3,(H,17,21)(H,18,19,20). The Morgan fingerprint density at radius 1 is 1.33 bits per heavy atom. The van der Waals surface area contributed by atoms with Gasteiger partial charge < -0.3 is 5.32 Å². The molecule has 1 unspecified atom stereocenters. The molecule has 112 valence electrons. The van der Waals surface area contributed by atoms with Crippen LogP contribution in [0.4, 0.5) is 4.39 Å². The Kier molecular flexibility index (Phi) is 4.06. The van der Waals surface area contributed by atoms with Gasteiger partial charge in [0.05, 0.1) is 6.04 Å². The summed E-state index contributed by atoms with van der Waals surface area (Å²) < 4.78 is 13.7. The largest absolute Gasteiger partial charge is 0.343 e. The third kappa shape index (κ3) is 3.45. The maximum atomic E-state index is 13.7. The van der Waals surface area contributed by atoms with E-state index in [1.807, 2.05) is 20.8 Å². The van der Waals surface area contributed by atoms with E-state index in [-0.39, 0.29) is 17.1 Å². The molecular weight excluding hydrogens is 271 g/mol. The number of H-pyrrole nitrogens is 1. The third-order valence-electron chi connectivity index (χ3n) is 3.12. The first-order valence-electron chi connectivity index (χ1n) is 6.77. The van der Waals surface area contributed by atoms with Crippen LogP contribution in [0.15, 0.2) is 24.3 Å². The van der Waals surface area contributed by atoms with Crippen LogP contribution in [0.1, 0.15) is 55.7 Å². The molecule has 1 atom stereocenters. The van der Waals surface area contributed by atoms with Crippen LogP contribution in [0.3, 0.4) is 0 Å². The molecule has 2 aromatic rings. The van der Waals surface area contributed by atoms with Crippen molar-refractivity contribution in [2.24, 2.45) is 0 Å². The molecule has 0 bridgehead atoms. The van der Waals surface area contributed by atoms with Crippen molar-refractivity contribution in [1.29, 1.82) is 0 Å². The van der Waals surface area contributed by atoms with Crippen molar-refractivity contribution in [2.75, 3.05) is 0 Å². The molecule has 0 saturated heterocycles. The third-order valence-corrected chi connectivity index (χ3v) is 3.12. The summed E-state index contributed by atoms with van der Waals surface area (Å²) in [5, 5.41) is 9.36. The topological polar surface area (TPSA) is 70.7 Å². The van der Waals surface area contributed by atoms with Gasteiger partial charge in [0.15, 0.2) is 0 Å².